The van der Waals surface area contributed by atoms with Gasteiger partial charge in [0.05, 0.1) is 0 Å². The van der Waals surface area contributed by atoms with Crippen LogP contribution in [0.2, 0.25) is 0 Å². The standard InChI is InChI=1S/C17H21F2N5/c1-2-20-16-5-6-21-17(22-16)24-9-7-23(8-10-24)12-13-3-4-14(18)11-15(13)19/h3-6,11H,2,7-10,12H2,1H3,(H,20,21,22). The van der Waals surface area contributed by atoms with E-state index in [1.807, 2.05) is 13.0 Å². The van der Waals surface area contributed by atoms with Crippen molar-refractivity contribution in [1.29, 1.82) is 0 Å². The highest BCUT2D eigenvalue weighted by atomic mass is 19.1. The number of hydrogen-bond acceptors (Lipinski definition) is 5. The molecule has 1 aromatic heterocycles. The molecule has 128 valence electrons. The van der Waals surface area contributed by atoms with E-state index in [4.69, 9.17) is 0 Å². The Bertz CT molecular complexity index is 686. The molecule has 0 saturated carbocycles. The summed E-state index contributed by atoms with van der Waals surface area (Å²) in [5.74, 6) is 0.497. The summed E-state index contributed by atoms with van der Waals surface area (Å²) < 4.78 is 26.7. The third kappa shape index (κ3) is 3.97. The summed E-state index contributed by atoms with van der Waals surface area (Å²) in [6.07, 6.45) is 1.75. The van der Waals surface area contributed by atoms with Gasteiger partial charge in [0.25, 0.3) is 0 Å². The van der Waals surface area contributed by atoms with Crippen LogP contribution in [0.3, 0.4) is 0 Å². The molecule has 0 bridgehead atoms. The van der Waals surface area contributed by atoms with Crippen LogP contribution in [0.4, 0.5) is 20.5 Å². The molecule has 2 aromatic rings. The molecule has 0 atom stereocenters. The predicted octanol–water partition coefficient (Wildman–Crippen LogP) is 2.51. The van der Waals surface area contributed by atoms with Crippen molar-refractivity contribution in [3.8, 4) is 0 Å². The van der Waals surface area contributed by atoms with Gasteiger partial charge in [0, 0.05) is 57.1 Å². The molecule has 1 aliphatic rings. The monoisotopic (exact) mass is 333 g/mol. The van der Waals surface area contributed by atoms with E-state index in [9.17, 15) is 8.78 Å². The van der Waals surface area contributed by atoms with Crippen LogP contribution in [-0.4, -0.2) is 47.6 Å². The zero-order valence-corrected chi connectivity index (χ0v) is 13.7. The first-order chi connectivity index (χ1) is 11.7. The van der Waals surface area contributed by atoms with Crippen molar-refractivity contribution in [2.75, 3.05) is 42.9 Å². The summed E-state index contributed by atoms with van der Waals surface area (Å²) in [6.45, 7) is 6.44. The Morgan fingerprint density at radius 1 is 1.12 bits per heavy atom. The molecule has 0 amide bonds. The molecular weight excluding hydrogens is 312 g/mol. The van der Waals surface area contributed by atoms with Crippen molar-refractivity contribution in [3.63, 3.8) is 0 Å². The first-order valence-electron chi connectivity index (χ1n) is 8.14. The largest absolute Gasteiger partial charge is 0.370 e. The van der Waals surface area contributed by atoms with Gasteiger partial charge in [0.2, 0.25) is 5.95 Å². The molecule has 1 aromatic carbocycles. The van der Waals surface area contributed by atoms with Gasteiger partial charge < -0.3 is 10.2 Å². The molecule has 1 fully saturated rings. The average Bonchev–Trinajstić information content (AvgIpc) is 2.59. The number of hydrogen-bond donors (Lipinski definition) is 1. The molecule has 24 heavy (non-hydrogen) atoms. The summed E-state index contributed by atoms with van der Waals surface area (Å²) in [5, 5.41) is 3.18. The van der Waals surface area contributed by atoms with E-state index < -0.39 is 11.6 Å². The van der Waals surface area contributed by atoms with Gasteiger partial charge in [-0.2, -0.15) is 4.98 Å². The molecule has 0 radical (unpaired) electrons. The number of halogens is 2. The second-order valence-electron chi connectivity index (χ2n) is 5.77. The van der Waals surface area contributed by atoms with E-state index in [-0.39, 0.29) is 0 Å². The van der Waals surface area contributed by atoms with Crippen molar-refractivity contribution < 1.29 is 8.78 Å². The number of benzene rings is 1. The van der Waals surface area contributed by atoms with E-state index >= 15 is 0 Å². The zero-order valence-electron chi connectivity index (χ0n) is 13.7. The van der Waals surface area contributed by atoms with Crippen molar-refractivity contribution in [3.05, 3.63) is 47.7 Å². The Kier molecular flexibility index (Phi) is 5.20. The quantitative estimate of drug-likeness (QED) is 0.911. The van der Waals surface area contributed by atoms with Crippen LogP contribution >= 0.6 is 0 Å². The van der Waals surface area contributed by atoms with Crippen LogP contribution in [0.5, 0.6) is 0 Å². The van der Waals surface area contributed by atoms with Gasteiger partial charge in [-0.15, -0.1) is 0 Å². The summed E-state index contributed by atoms with van der Waals surface area (Å²) in [7, 11) is 0. The zero-order chi connectivity index (χ0) is 16.9. The van der Waals surface area contributed by atoms with Gasteiger partial charge in [0.1, 0.15) is 17.5 Å². The maximum atomic E-state index is 13.8. The highest BCUT2D eigenvalue weighted by Crippen LogP contribution is 2.16. The molecule has 0 unspecified atom stereocenters. The Labute approximate surface area is 140 Å². The first-order valence-corrected chi connectivity index (χ1v) is 8.14. The number of nitrogens with one attached hydrogen (secondary N) is 1. The van der Waals surface area contributed by atoms with Crippen LogP contribution in [0, 0.1) is 11.6 Å². The van der Waals surface area contributed by atoms with Gasteiger partial charge in [-0.1, -0.05) is 6.07 Å². The molecule has 1 aliphatic heterocycles. The topological polar surface area (TPSA) is 44.3 Å². The van der Waals surface area contributed by atoms with Crippen LogP contribution in [0.25, 0.3) is 0 Å². The lowest BCUT2D eigenvalue weighted by atomic mass is 10.2. The summed E-state index contributed by atoms with van der Waals surface area (Å²) in [4.78, 5) is 13.1. The van der Waals surface area contributed by atoms with Crippen molar-refractivity contribution in [2.45, 2.75) is 13.5 Å². The van der Waals surface area contributed by atoms with Crippen molar-refractivity contribution in [2.24, 2.45) is 0 Å². The fourth-order valence-corrected chi connectivity index (χ4v) is 2.78. The number of piperazine rings is 1. The Morgan fingerprint density at radius 3 is 2.62 bits per heavy atom. The number of anilines is 2. The maximum Gasteiger partial charge on any atom is 0.227 e. The van der Waals surface area contributed by atoms with E-state index in [1.165, 1.54) is 12.1 Å². The Morgan fingerprint density at radius 2 is 1.92 bits per heavy atom. The fourth-order valence-electron chi connectivity index (χ4n) is 2.78. The molecule has 1 N–H and O–H groups in total. The Balaban J connectivity index is 1.58. The number of nitrogens with zero attached hydrogens (tertiary/aromatic N) is 4. The van der Waals surface area contributed by atoms with Crippen LogP contribution in [0.1, 0.15) is 12.5 Å². The number of rotatable bonds is 5. The minimum Gasteiger partial charge on any atom is -0.370 e. The minimum absolute atomic E-state index is 0.484. The highest BCUT2D eigenvalue weighted by molar-refractivity contribution is 5.41. The van der Waals surface area contributed by atoms with E-state index in [2.05, 4.69) is 25.1 Å². The van der Waals surface area contributed by atoms with E-state index in [0.29, 0.717) is 18.1 Å². The second kappa shape index (κ2) is 7.53. The molecule has 3 rings (SSSR count). The van der Waals surface area contributed by atoms with Gasteiger partial charge in [-0.3, -0.25) is 4.90 Å². The third-order valence-corrected chi connectivity index (χ3v) is 4.06. The average molecular weight is 333 g/mol. The summed E-state index contributed by atoms with van der Waals surface area (Å²) in [5.41, 5.74) is 0.523. The SMILES string of the molecule is CCNc1ccnc(N2CCN(Cc3ccc(F)cc3F)CC2)n1. The van der Waals surface area contributed by atoms with Gasteiger partial charge in [0.15, 0.2) is 0 Å². The Hall–Kier alpha value is -2.28. The lowest BCUT2D eigenvalue weighted by Crippen LogP contribution is -2.46. The second-order valence-corrected chi connectivity index (χ2v) is 5.77. The van der Waals surface area contributed by atoms with Crippen LogP contribution < -0.4 is 10.2 Å². The van der Waals surface area contributed by atoms with E-state index in [0.717, 1.165) is 44.6 Å². The summed E-state index contributed by atoms with van der Waals surface area (Å²) >= 11 is 0. The molecule has 1 saturated heterocycles. The normalized spacial score (nSPS) is 15.5. The van der Waals surface area contributed by atoms with Crippen LogP contribution in [0.15, 0.2) is 30.5 Å². The molecule has 0 aliphatic carbocycles. The smallest absolute Gasteiger partial charge is 0.227 e. The van der Waals surface area contributed by atoms with Crippen molar-refractivity contribution >= 4 is 11.8 Å². The number of aromatic nitrogens is 2. The van der Waals surface area contributed by atoms with Crippen LogP contribution in [-0.2, 0) is 6.54 Å². The lowest BCUT2D eigenvalue weighted by molar-refractivity contribution is 0.245. The van der Waals surface area contributed by atoms with Gasteiger partial charge >= 0.3 is 0 Å². The third-order valence-electron chi connectivity index (χ3n) is 4.06. The molecular formula is C17H21F2N5. The molecule has 0 spiro atoms. The highest BCUT2D eigenvalue weighted by Gasteiger charge is 2.20. The van der Waals surface area contributed by atoms with E-state index in [1.54, 1.807) is 6.20 Å². The first kappa shape index (κ1) is 16.6. The van der Waals surface area contributed by atoms with Crippen molar-refractivity contribution in [1.82, 2.24) is 14.9 Å². The van der Waals surface area contributed by atoms with Gasteiger partial charge in [-0.25, -0.2) is 13.8 Å². The molecule has 2 heterocycles. The molecule has 7 heteroatoms. The molecule has 5 nitrogen and oxygen atoms in total. The minimum atomic E-state index is -0.543. The van der Waals surface area contributed by atoms with Gasteiger partial charge in [-0.05, 0) is 19.1 Å². The lowest BCUT2D eigenvalue weighted by Gasteiger charge is -2.34. The maximum absolute atomic E-state index is 13.8. The summed E-state index contributed by atoms with van der Waals surface area (Å²) in [6, 6.07) is 5.60. The predicted molar refractivity (Wildman–Crippen MR) is 90.0 cm³/mol. The fraction of sp³-hybridized carbons (Fsp3) is 0.412.